The van der Waals surface area contributed by atoms with Crippen LogP contribution in [0.2, 0.25) is 0 Å². The topological polar surface area (TPSA) is 154 Å². The predicted octanol–water partition coefficient (Wildman–Crippen LogP) is 3.39. The molecule has 1 aliphatic rings. The molecule has 0 bridgehead atoms. The molecule has 43 heavy (non-hydrogen) atoms. The van der Waals surface area contributed by atoms with E-state index >= 15 is 0 Å². The first-order chi connectivity index (χ1) is 20.5. The molecule has 5 unspecified atom stereocenters. The fourth-order valence-electron chi connectivity index (χ4n) is 4.74. The highest BCUT2D eigenvalue weighted by atomic mass is 16.7. The minimum Gasteiger partial charge on any atom is -0.461 e. The van der Waals surface area contributed by atoms with Crippen molar-refractivity contribution in [3.8, 4) is 5.75 Å². The van der Waals surface area contributed by atoms with Crippen LogP contribution in [0.1, 0.15) is 45.2 Å². The van der Waals surface area contributed by atoms with Crippen LogP contribution in [-0.2, 0) is 55.9 Å². The molecule has 0 spiro atoms. The van der Waals surface area contributed by atoms with Crippen LogP contribution >= 0.6 is 0 Å². The Labute approximate surface area is 246 Å². The minimum absolute atomic E-state index is 0.0442. The quantitative estimate of drug-likeness (QED) is 0.191. The van der Waals surface area contributed by atoms with Crippen LogP contribution in [0, 0.1) is 0 Å². The molecule has 0 saturated carbocycles. The lowest BCUT2D eigenvalue weighted by Crippen LogP contribution is -2.62. The molecule has 228 valence electrons. The van der Waals surface area contributed by atoms with Gasteiger partial charge in [0.1, 0.15) is 17.9 Å². The van der Waals surface area contributed by atoms with Crippen molar-refractivity contribution < 1.29 is 52.0 Å². The van der Waals surface area contributed by atoms with E-state index in [-0.39, 0.29) is 30.8 Å². The molecule has 1 aliphatic heterocycles. The fourth-order valence-corrected chi connectivity index (χ4v) is 4.74. The Morgan fingerprint density at radius 1 is 0.814 bits per heavy atom. The highest BCUT2D eigenvalue weighted by Gasteiger charge is 2.51. The van der Waals surface area contributed by atoms with Gasteiger partial charge < -0.3 is 32.8 Å². The van der Waals surface area contributed by atoms with Gasteiger partial charge in [-0.25, -0.2) is 4.79 Å². The molecule has 4 rings (SSSR count). The molecule has 1 saturated heterocycles. The summed E-state index contributed by atoms with van der Waals surface area (Å²) in [4.78, 5) is 60.3. The molecule has 1 fully saturated rings. The predicted molar refractivity (Wildman–Crippen MR) is 149 cm³/mol. The number of benzene rings is 2. The van der Waals surface area contributed by atoms with Crippen molar-refractivity contribution in [2.75, 3.05) is 0 Å². The highest BCUT2D eigenvalue weighted by molar-refractivity contribution is 5.82. The maximum absolute atomic E-state index is 12.4. The van der Waals surface area contributed by atoms with Gasteiger partial charge >= 0.3 is 29.5 Å². The first kappa shape index (κ1) is 31.2. The summed E-state index contributed by atoms with van der Waals surface area (Å²) in [6.45, 7) is 5.24. The van der Waals surface area contributed by atoms with Gasteiger partial charge in [0.05, 0.1) is 6.10 Å². The Kier molecular flexibility index (Phi) is 10.1. The number of carbonyl (C=O) groups is 4. The lowest BCUT2D eigenvalue weighted by molar-refractivity contribution is -0.280. The molecule has 0 radical (unpaired) electrons. The van der Waals surface area contributed by atoms with Crippen LogP contribution in [-0.4, -0.2) is 54.6 Å². The van der Waals surface area contributed by atoms with Crippen LogP contribution in [0.15, 0.2) is 63.8 Å². The van der Waals surface area contributed by atoms with E-state index in [1.807, 2.05) is 30.3 Å². The molecule has 0 amide bonds. The number of carbonyl (C=O) groups excluding carboxylic acids is 4. The summed E-state index contributed by atoms with van der Waals surface area (Å²) in [7, 11) is 0. The molecule has 5 atom stereocenters. The van der Waals surface area contributed by atoms with Gasteiger partial charge in [-0.15, -0.1) is 0 Å². The second-order valence-corrected chi connectivity index (χ2v) is 9.94. The molecule has 2 aromatic carbocycles. The Hall–Kier alpha value is -4.71. The Morgan fingerprint density at radius 3 is 2.14 bits per heavy atom. The van der Waals surface area contributed by atoms with Gasteiger partial charge in [-0.3, -0.25) is 19.2 Å². The molecule has 2 heterocycles. The summed E-state index contributed by atoms with van der Waals surface area (Å²) in [6.07, 6.45) is -5.46. The third kappa shape index (κ3) is 8.41. The van der Waals surface area contributed by atoms with Crippen LogP contribution in [0.4, 0.5) is 0 Å². The summed E-state index contributed by atoms with van der Waals surface area (Å²) in [5.41, 5.74) is 0.994. The number of esters is 4. The van der Waals surface area contributed by atoms with Crippen molar-refractivity contribution in [3.63, 3.8) is 0 Å². The Balaban J connectivity index is 1.53. The van der Waals surface area contributed by atoms with Crippen molar-refractivity contribution >= 4 is 34.8 Å². The monoisotopic (exact) mass is 596 g/mol. The van der Waals surface area contributed by atoms with Crippen molar-refractivity contribution in [3.05, 3.63) is 76.1 Å². The van der Waals surface area contributed by atoms with Gasteiger partial charge in [-0.1, -0.05) is 30.3 Å². The second kappa shape index (κ2) is 14.0. The van der Waals surface area contributed by atoms with Gasteiger partial charge in [0.2, 0.25) is 12.4 Å². The first-order valence-electron chi connectivity index (χ1n) is 13.6. The molecular formula is C31H32O12. The lowest BCUT2D eigenvalue weighted by atomic mass is 9.98. The van der Waals surface area contributed by atoms with Crippen molar-refractivity contribution in [1.29, 1.82) is 0 Å². The third-order valence-corrected chi connectivity index (χ3v) is 6.53. The normalized spacial score (nSPS) is 21.4. The van der Waals surface area contributed by atoms with E-state index in [0.717, 1.165) is 19.4 Å². The zero-order valence-electron chi connectivity index (χ0n) is 24.1. The fraction of sp³-hybridized carbons (Fsp3) is 0.387. The van der Waals surface area contributed by atoms with Crippen LogP contribution in [0.5, 0.6) is 5.75 Å². The summed E-state index contributed by atoms with van der Waals surface area (Å²) in [5, 5.41) is 0.574. The number of aryl methyl sites for hydroxylation is 1. The number of rotatable bonds is 10. The summed E-state index contributed by atoms with van der Waals surface area (Å²) < 4.78 is 38.7. The standard InChI is InChI=1S/C31H32O12/c1-17-28(39-18(2)32)29(40-19(3)33)30(41-20(4)34)31(38-17)42-23-11-12-24-22(14-27(36)43-25(24)15-23)10-13-26(35)37-16-21-8-6-5-7-9-21/h5-9,11-12,14-15,17,28-31H,10,13,16H2,1-4H3. The van der Waals surface area contributed by atoms with E-state index in [4.69, 9.17) is 32.8 Å². The summed E-state index contributed by atoms with van der Waals surface area (Å²) >= 11 is 0. The van der Waals surface area contributed by atoms with E-state index in [0.29, 0.717) is 10.9 Å². The smallest absolute Gasteiger partial charge is 0.336 e. The maximum atomic E-state index is 12.4. The van der Waals surface area contributed by atoms with Crippen molar-refractivity contribution in [2.24, 2.45) is 0 Å². The van der Waals surface area contributed by atoms with Crippen LogP contribution in [0.25, 0.3) is 11.0 Å². The lowest BCUT2D eigenvalue weighted by Gasteiger charge is -2.43. The molecule has 12 heteroatoms. The van der Waals surface area contributed by atoms with E-state index in [1.165, 1.54) is 19.1 Å². The van der Waals surface area contributed by atoms with Gasteiger partial charge in [0.15, 0.2) is 12.2 Å². The van der Waals surface area contributed by atoms with Gasteiger partial charge in [0, 0.05) is 44.7 Å². The zero-order valence-corrected chi connectivity index (χ0v) is 24.1. The summed E-state index contributed by atoms with van der Waals surface area (Å²) in [5.74, 6) is -2.30. The average Bonchev–Trinajstić information content (AvgIpc) is 2.94. The highest BCUT2D eigenvalue weighted by Crippen LogP contribution is 2.32. The van der Waals surface area contributed by atoms with E-state index in [2.05, 4.69) is 0 Å². The maximum Gasteiger partial charge on any atom is 0.336 e. The second-order valence-electron chi connectivity index (χ2n) is 9.94. The molecule has 3 aromatic rings. The third-order valence-electron chi connectivity index (χ3n) is 6.53. The number of ether oxygens (including phenoxy) is 6. The molecule has 1 aromatic heterocycles. The van der Waals surface area contributed by atoms with Crippen molar-refractivity contribution in [1.82, 2.24) is 0 Å². The Bertz CT molecular complexity index is 1530. The van der Waals surface area contributed by atoms with Crippen molar-refractivity contribution in [2.45, 2.75) is 77.8 Å². The van der Waals surface area contributed by atoms with Gasteiger partial charge in [-0.2, -0.15) is 0 Å². The molecular weight excluding hydrogens is 564 g/mol. The largest absolute Gasteiger partial charge is 0.461 e. The molecule has 0 aliphatic carbocycles. The SMILES string of the molecule is CC(=O)OC1C(C)OC(Oc2ccc3c(CCC(=O)OCc4ccccc4)cc(=O)oc3c2)C(OC(C)=O)C1OC(C)=O. The van der Waals surface area contributed by atoms with E-state index in [1.54, 1.807) is 19.1 Å². The van der Waals surface area contributed by atoms with E-state index in [9.17, 15) is 24.0 Å². The Morgan fingerprint density at radius 2 is 1.47 bits per heavy atom. The van der Waals surface area contributed by atoms with Gasteiger partial charge in [0.25, 0.3) is 0 Å². The average molecular weight is 597 g/mol. The summed E-state index contributed by atoms with van der Waals surface area (Å²) in [6, 6.07) is 15.3. The van der Waals surface area contributed by atoms with Crippen LogP contribution < -0.4 is 10.4 Å². The van der Waals surface area contributed by atoms with Gasteiger partial charge in [-0.05, 0) is 36.6 Å². The number of hydrogen-bond donors (Lipinski definition) is 0. The number of hydrogen-bond acceptors (Lipinski definition) is 12. The molecule has 12 nitrogen and oxygen atoms in total. The molecule has 0 N–H and O–H groups in total. The van der Waals surface area contributed by atoms with E-state index < -0.39 is 60.2 Å². The number of fused-ring (bicyclic) bond motifs is 1. The zero-order chi connectivity index (χ0) is 31.1. The first-order valence-corrected chi connectivity index (χ1v) is 13.6. The van der Waals surface area contributed by atoms with Crippen LogP contribution in [0.3, 0.4) is 0 Å². The minimum atomic E-state index is -1.31.